The number of nitrogens with zero attached hydrogens (tertiary/aromatic N) is 2. The van der Waals surface area contributed by atoms with Gasteiger partial charge < -0.3 is 35.6 Å². The quantitative estimate of drug-likeness (QED) is 0.214. The zero-order valence-corrected chi connectivity index (χ0v) is 22.7. The van der Waals surface area contributed by atoms with Crippen LogP contribution in [-0.2, 0) is 30.3 Å². The monoisotopic (exact) mass is 571 g/mol. The van der Waals surface area contributed by atoms with Crippen molar-refractivity contribution in [1.82, 2.24) is 9.80 Å². The summed E-state index contributed by atoms with van der Waals surface area (Å²) in [5.41, 5.74) is 1.39. The molecule has 0 radical (unpaired) electrons. The van der Waals surface area contributed by atoms with Crippen molar-refractivity contribution in [3.63, 3.8) is 0 Å². The van der Waals surface area contributed by atoms with Crippen molar-refractivity contribution in [2.45, 2.75) is 30.6 Å². The Bertz CT molecular complexity index is 1380. The molecular formula is C28H33N3O10. The molecule has 6 N–H and O–H groups in total. The Labute approximate surface area is 235 Å². The van der Waals surface area contributed by atoms with Crippen LogP contribution in [0.15, 0.2) is 40.9 Å². The number of ether oxygens (including phenoxy) is 2. The van der Waals surface area contributed by atoms with Crippen LogP contribution in [0.4, 0.5) is 0 Å². The lowest BCUT2D eigenvalue weighted by Gasteiger charge is -2.53. The van der Waals surface area contributed by atoms with E-state index in [1.54, 1.807) is 12.1 Å². The zero-order chi connectivity index (χ0) is 29.8. The number of primary amides is 1. The van der Waals surface area contributed by atoms with Crippen molar-refractivity contribution in [1.29, 1.82) is 0 Å². The summed E-state index contributed by atoms with van der Waals surface area (Å²) in [5.74, 6) is -9.02. The van der Waals surface area contributed by atoms with Crippen LogP contribution >= 0.6 is 0 Å². The largest absolute Gasteiger partial charge is 0.510 e. The number of amides is 1. The summed E-state index contributed by atoms with van der Waals surface area (Å²) in [4.78, 5) is 56.4. The van der Waals surface area contributed by atoms with Gasteiger partial charge in [-0.1, -0.05) is 12.1 Å². The first kappa shape index (κ1) is 28.7. The Balaban J connectivity index is 1.65. The van der Waals surface area contributed by atoms with Crippen LogP contribution in [0.2, 0.25) is 0 Å². The molecule has 1 heterocycles. The number of aliphatic hydroxyl groups excluding tert-OH is 2. The first-order valence-corrected chi connectivity index (χ1v) is 13.3. The number of esters is 1. The molecule has 1 aromatic carbocycles. The van der Waals surface area contributed by atoms with Gasteiger partial charge >= 0.3 is 5.97 Å². The fraction of sp³-hybridized carbons (Fsp3) is 0.500. The summed E-state index contributed by atoms with van der Waals surface area (Å²) in [6.45, 7) is 2.66. The topological polar surface area (TPSA) is 200 Å². The molecule has 0 aromatic heterocycles. The van der Waals surface area contributed by atoms with Crippen molar-refractivity contribution < 1.29 is 49.1 Å². The number of aliphatic hydroxyl groups is 3. The Morgan fingerprint density at radius 1 is 1.17 bits per heavy atom. The molecule has 5 atom stereocenters. The number of hydrogen-bond donors (Lipinski definition) is 5. The number of phenols is 1. The molecule has 220 valence electrons. The van der Waals surface area contributed by atoms with Gasteiger partial charge in [0.2, 0.25) is 5.78 Å². The molecule has 0 unspecified atom stereocenters. The Morgan fingerprint density at radius 3 is 2.49 bits per heavy atom. The van der Waals surface area contributed by atoms with E-state index in [9.17, 15) is 39.6 Å². The summed E-state index contributed by atoms with van der Waals surface area (Å²) in [7, 11) is 3.01. The summed E-state index contributed by atoms with van der Waals surface area (Å²) in [6.07, 6.45) is -1.46. The van der Waals surface area contributed by atoms with Crippen molar-refractivity contribution in [2.75, 3.05) is 46.9 Å². The maximum Gasteiger partial charge on any atom is 0.307 e. The standard InChI is InChI=1S/C28H33N3O10/c1-30(2)21-20-24(41-16(33)6-7-31-8-10-40-11-9-31)14-12-13-4-3-5-15(32)17(13)22(34)18(14)25(36)28(20,39)26(37)19(23(21)35)27(29)38/h3-5,14,20-21,24,32,35-36,39H,6-12H2,1-2H3,(H2,29,38)/t14-,20-,21+,24+,28+/m1/s1. The van der Waals surface area contributed by atoms with Gasteiger partial charge in [0.25, 0.3) is 5.91 Å². The Hall–Kier alpha value is -3.78. The number of aromatic hydroxyl groups is 1. The van der Waals surface area contributed by atoms with Crippen LogP contribution in [0.25, 0.3) is 0 Å². The number of hydrogen-bond acceptors (Lipinski definition) is 12. The zero-order valence-electron chi connectivity index (χ0n) is 22.7. The van der Waals surface area contributed by atoms with Gasteiger partial charge in [-0.25, -0.2) is 0 Å². The number of Topliss-reactive ketones (excluding diaryl/α,β-unsaturated/α-hetero) is 2. The number of benzene rings is 1. The fourth-order valence-corrected chi connectivity index (χ4v) is 6.61. The summed E-state index contributed by atoms with van der Waals surface area (Å²) < 4.78 is 11.3. The molecule has 1 saturated heterocycles. The van der Waals surface area contributed by atoms with Crippen LogP contribution in [0, 0.1) is 11.8 Å². The lowest BCUT2D eigenvalue weighted by atomic mass is 9.57. The minimum atomic E-state index is -2.95. The van der Waals surface area contributed by atoms with E-state index in [1.807, 2.05) is 4.90 Å². The molecule has 1 fully saturated rings. The van der Waals surface area contributed by atoms with Gasteiger partial charge in [0.15, 0.2) is 11.4 Å². The van der Waals surface area contributed by atoms with Crippen LogP contribution in [0.5, 0.6) is 5.75 Å². The average molecular weight is 572 g/mol. The number of fused-ring (bicyclic) bond motifs is 3. The third-order valence-electron chi connectivity index (χ3n) is 8.52. The van der Waals surface area contributed by atoms with E-state index in [0.717, 1.165) is 0 Å². The molecule has 1 aromatic rings. The molecular weight excluding hydrogens is 538 g/mol. The van der Waals surface area contributed by atoms with Gasteiger partial charge in [-0.15, -0.1) is 0 Å². The van der Waals surface area contributed by atoms with Crippen molar-refractivity contribution in [2.24, 2.45) is 17.6 Å². The number of carbonyl (C=O) groups excluding carboxylic acids is 4. The van der Waals surface area contributed by atoms with E-state index in [2.05, 4.69) is 0 Å². The van der Waals surface area contributed by atoms with Gasteiger partial charge in [0.05, 0.1) is 37.2 Å². The lowest BCUT2D eigenvalue weighted by molar-refractivity contribution is -0.180. The van der Waals surface area contributed by atoms with Gasteiger partial charge in [-0.3, -0.25) is 29.0 Å². The molecule has 0 bridgehead atoms. The van der Waals surface area contributed by atoms with E-state index in [-0.39, 0.29) is 24.2 Å². The highest BCUT2D eigenvalue weighted by Crippen LogP contribution is 2.53. The molecule has 13 heteroatoms. The molecule has 0 spiro atoms. The molecule has 41 heavy (non-hydrogen) atoms. The molecule has 1 amide bonds. The van der Waals surface area contributed by atoms with Gasteiger partial charge in [0.1, 0.15) is 28.9 Å². The fourth-order valence-electron chi connectivity index (χ4n) is 6.61. The Kier molecular flexibility index (Phi) is 7.40. The van der Waals surface area contributed by atoms with Crippen molar-refractivity contribution >= 4 is 23.4 Å². The predicted octanol–water partition coefficient (Wildman–Crippen LogP) is -0.635. The molecule has 5 rings (SSSR count). The summed E-state index contributed by atoms with van der Waals surface area (Å²) in [6, 6.07) is 3.12. The van der Waals surface area contributed by atoms with Crippen LogP contribution in [0.1, 0.15) is 22.3 Å². The maximum atomic E-state index is 13.7. The van der Waals surface area contributed by atoms with E-state index < -0.39 is 75.7 Å². The highest BCUT2D eigenvalue weighted by molar-refractivity contribution is 6.25. The molecule has 1 aliphatic heterocycles. The molecule has 3 aliphatic carbocycles. The minimum Gasteiger partial charge on any atom is -0.510 e. The van der Waals surface area contributed by atoms with Crippen LogP contribution < -0.4 is 5.73 Å². The number of morpholine rings is 1. The summed E-state index contributed by atoms with van der Waals surface area (Å²) in [5, 5.41) is 45.1. The average Bonchev–Trinajstić information content (AvgIpc) is 2.91. The first-order chi connectivity index (χ1) is 19.4. The smallest absolute Gasteiger partial charge is 0.307 e. The number of ketones is 2. The third-order valence-corrected chi connectivity index (χ3v) is 8.52. The van der Waals surface area contributed by atoms with Crippen molar-refractivity contribution in [3.05, 3.63) is 52.0 Å². The van der Waals surface area contributed by atoms with Crippen LogP contribution in [-0.4, -0.2) is 118 Å². The predicted molar refractivity (Wildman–Crippen MR) is 141 cm³/mol. The van der Waals surface area contributed by atoms with Crippen LogP contribution in [0.3, 0.4) is 0 Å². The van der Waals surface area contributed by atoms with Gasteiger partial charge in [0, 0.05) is 31.1 Å². The molecule has 0 saturated carbocycles. The van der Waals surface area contributed by atoms with Gasteiger partial charge in [-0.05, 0) is 32.1 Å². The van der Waals surface area contributed by atoms with Gasteiger partial charge in [-0.2, -0.15) is 0 Å². The highest BCUT2D eigenvalue weighted by atomic mass is 16.5. The molecule has 4 aliphatic rings. The minimum absolute atomic E-state index is 0.00431. The Morgan fingerprint density at radius 2 is 1.85 bits per heavy atom. The van der Waals surface area contributed by atoms with E-state index in [4.69, 9.17) is 15.2 Å². The SMILES string of the molecule is CN(C)[C@@H]1C(O)=C(C(N)=O)C(=O)[C@@]2(O)C(O)=C3C(=O)c4c(O)cccc4C[C@H]3[C@H](OC(=O)CCN3CCOCC3)[C@@H]12. The number of carbonyl (C=O) groups is 4. The first-order valence-electron chi connectivity index (χ1n) is 13.3. The second-order valence-electron chi connectivity index (χ2n) is 11.0. The number of nitrogens with two attached hydrogens (primary N) is 1. The highest BCUT2D eigenvalue weighted by Gasteiger charge is 2.67. The van der Waals surface area contributed by atoms with E-state index >= 15 is 0 Å². The normalized spacial score (nSPS) is 30.1. The lowest BCUT2D eigenvalue weighted by Crippen LogP contribution is -2.69. The summed E-state index contributed by atoms with van der Waals surface area (Å²) >= 11 is 0. The molecule has 13 nitrogen and oxygen atoms in total. The van der Waals surface area contributed by atoms with E-state index in [0.29, 0.717) is 38.4 Å². The number of phenolic OH excluding ortho intramolecular Hbond substituents is 1. The van der Waals surface area contributed by atoms with Crippen molar-refractivity contribution in [3.8, 4) is 5.75 Å². The second-order valence-corrected chi connectivity index (χ2v) is 11.0. The van der Waals surface area contributed by atoms with E-state index in [1.165, 1.54) is 25.1 Å². The second kappa shape index (κ2) is 10.6. The number of likely N-dealkylation sites (N-methyl/N-ethyl adjacent to an activating group) is 1. The third kappa shape index (κ3) is 4.49. The number of rotatable bonds is 6. The maximum absolute atomic E-state index is 13.7.